The standard InChI is InChI=1S/C3H8N2O2S/c4-3-1-5-8(2-3)6-7-8/h3,5H,1-2,4H2. The van der Waals surface area contributed by atoms with Crippen molar-refractivity contribution in [2.75, 3.05) is 12.3 Å². The molecule has 3 N–H and O–H groups in total. The van der Waals surface area contributed by atoms with Crippen molar-refractivity contribution in [2.24, 2.45) is 5.73 Å². The van der Waals surface area contributed by atoms with Crippen molar-refractivity contribution in [1.29, 1.82) is 0 Å². The van der Waals surface area contributed by atoms with Crippen LogP contribution in [0.3, 0.4) is 0 Å². The van der Waals surface area contributed by atoms with Crippen LogP contribution in [0.15, 0.2) is 0 Å². The van der Waals surface area contributed by atoms with Crippen LogP contribution in [-0.4, -0.2) is 18.3 Å². The van der Waals surface area contributed by atoms with E-state index in [-0.39, 0.29) is 6.04 Å². The lowest BCUT2D eigenvalue weighted by Crippen LogP contribution is -2.24. The Morgan fingerprint density at radius 3 is 2.62 bits per heavy atom. The van der Waals surface area contributed by atoms with Crippen molar-refractivity contribution >= 4 is 10.8 Å². The van der Waals surface area contributed by atoms with Crippen molar-refractivity contribution in [1.82, 2.24) is 4.72 Å². The SMILES string of the molecule is NC1CNS2(C1)OO2. The Bertz CT molecular complexity index is 116. The fourth-order valence-electron chi connectivity index (χ4n) is 0.771. The summed E-state index contributed by atoms with van der Waals surface area (Å²) < 4.78 is 12.5. The summed E-state index contributed by atoms with van der Waals surface area (Å²) in [7, 11) is -1.22. The fraction of sp³-hybridized carbons (Fsp3) is 1.00. The molecule has 2 heterocycles. The predicted octanol–water partition coefficient (Wildman–Crippen LogP) is -0.572. The van der Waals surface area contributed by atoms with E-state index < -0.39 is 10.8 Å². The molecule has 0 aromatic carbocycles. The fourth-order valence-corrected chi connectivity index (χ4v) is 2.51. The van der Waals surface area contributed by atoms with Gasteiger partial charge in [0.15, 0.2) is 0 Å². The zero-order valence-corrected chi connectivity index (χ0v) is 5.11. The molecule has 0 bridgehead atoms. The van der Waals surface area contributed by atoms with Gasteiger partial charge in [0.05, 0.1) is 5.75 Å². The Kier molecular flexibility index (Phi) is 0.857. The van der Waals surface area contributed by atoms with Gasteiger partial charge in [-0.2, -0.15) is 0 Å². The summed E-state index contributed by atoms with van der Waals surface area (Å²) in [6.07, 6.45) is 0. The Labute approximate surface area is 49.1 Å². The largest absolute Gasteiger partial charge is 0.325 e. The molecule has 48 valence electrons. The van der Waals surface area contributed by atoms with E-state index in [0.29, 0.717) is 0 Å². The van der Waals surface area contributed by atoms with Gasteiger partial charge in [-0.3, -0.25) is 0 Å². The van der Waals surface area contributed by atoms with Gasteiger partial charge in [-0.1, -0.05) is 19.4 Å². The molecule has 2 fully saturated rings. The Morgan fingerprint density at radius 2 is 2.38 bits per heavy atom. The predicted molar refractivity (Wildman–Crippen MR) is 30.6 cm³/mol. The third-order valence-corrected chi connectivity index (χ3v) is 3.17. The molecule has 0 amide bonds. The molecule has 0 saturated carbocycles. The molecule has 2 aliphatic rings. The van der Waals surface area contributed by atoms with E-state index in [1.165, 1.54) is 0 Å². The molecule has 0 aromatic rings. The lowest BCUT2D eigenvalue weighted by molar-refractivity contribution is 0.0850. The third kappa shape index (κ3) is 0.636. The van der Waals surface area contributed by atoms with E-state index in [4.69, 9.17) is 14.4 Å². The van der Waals surface area contributed by atoms with Crippen LogP contribution in [0.25, 0.3) is 0 Å². The van der Waals surface area contributed by atoms with Gasteiger partial charge in [0, 0.05) is 12.6 Å². The summed E-state index contributed by atoms with van der Waals surface area (Å²) in [6, 6.07) is 0.229. The van der Waals surface area contributed by atoms with Gasteiger partial charge in [-0.15, -0.1) is 0 Å². The number of nitrogens with one attached hydrogen (secondary N) is 1. The summed E-state index contributed by atoms with van der Waals surface area (Å²) in [6.45, 7) is 0.829. The maximum absolute atomic E-state index is 5.55. The summed E-state index contributed by atoms with van der Waals surface area (Å²) in [5.74, 6) is 0.854. The first-order valence-corrected chi connectivity index (χ1v) is 4.15. The van der Waals surface area contributed by atoms with Crippen LogP contribution in [0.1, 0.15) is 0 Å². The second-order valence-corrected chi connectivity index (χ2v) is 4.15. The monoisotopic (exact) mass is 136 g/mol. The highest BCUT2D eigenvalue weighted by Crippen LogP contribution is 2.64. The Balaban J connectivity index is 2.03. The van der Waals surface area contributed by atoms with Crippen molar-refractivity contribution in [2.45, 2.75) is 6.04 Å². The second kappa shape index (κ2) is 1.37. The minimum absolute atomic E-state index is 0.229. The first kappa shape index (κ1) is 5.01. The average molecular weight is 136 g/mol. The molecule has 0 aliphatic carbocycles. The van der Waals surface area contributed by atoms with Crippen LogP contribution >= 0.6 is 10.8 Å². The Morgan fingerprint density at radius 1 is 1.62 bits per heavy atom. The molecule has 4 nitrogen and oxygen atoms in total. The first-order valence-electron chi connectivity index (χ1n) is 2.50. The summed E-state index contributed by atoms with van der Waals surface area (Å²) >= 11 is 0. The number of rotatable bonds is 0. The maximum Gasteiger partial charge on any atom is 0.0757 e. The van der Waals surface area contributed by atoms with Gasteiger partial charge in [-0.05, 0) is 0 Å². The topological polar surface area (TPSA) is 63.1 Å². The molecule has 5 heteroatoms. The molecule has 0 radical (unpaired) electrons. The van der Waals surface area contributed by atoms with E-state index in [1.54, 1.807) is 0 Å². The number of hydrogen-bond acceptors (Lipinski definition) is 4. The molecule has 2 rings (SSSR count). The molecule has 1 atom stereocenters. The average Bonchev–Trinajstić information content (AvgIpc) is 2.34. The highest BCUT2D eigenvalue weighted by atomic mass is 32.3. The van der Waals surface area contributed by atoms with Crippen molar-refractivity contribution in [3.8, 4) is 0 Å². The van der Waals surface area contributed by atoms with Crippen LogP contribution in [0, 0.1) is 0 Å². The van der Waals surface area contributed by atoms with Gasteiger partial charge in [0.1, 0.15) is 0 Å². The first-order chi connectivity index (χ1) is 3.81. The highest BCUT2D eigenvalue weighted by molar-refractivity contribution is 8.27. The maximum atomic E-state index is 5.55. The summed E-state index contributed by atoms with van der Waals surface area (Å²) in [4.78, 5) is 0. The molecular weight excluding hydrogens is 128 g/mol. The van der Waals surface area contributed by atoms with Crippen LogP contribution in [0.2, 0.25) is 0 Å². The molecular formula is C3H8N2O2S. The molecule has 1 unspecified atom stereocenters. The van der Waals surface area contributed by atoms with E-state index in [1.807, 2.05) is 0 Å². The zero-order valence-electron chi connectivity index (χ0n) is 4.29. The van der Waals surface area contributed by atoms with Crippen molar-refractivity contribution in [3.05, 3.63) is 0 Å². The minimum Gasteiger partial charge on any atom is -0.325 e. The lowest BCUT2D eigenvalue weighted by atomic mass is 10.4. The van der Waals surface area contributed by atoms with E-state index in [9.17, 15) is 0 Å². The second-order valence-electron chi connectivity index (χ2n) is 2.03. The molecule has 2 aliphatic heterocycles. The third-order valence-electron chi connectivity index (χ3n) is 1.23. The van der Waals surface area contributed by atoms with E-state index in [2.05, 4.69) is 4.72 Å². The summed E-state index contributed by atoms with van der Waals surface area (Å²) in [5, 5.41) is 0. The van der Waals surface area contributed by atoms with Crippen LogP contribution in [0.4, 0.5) is 0 Å². The van der Waals surface area contributed by atoms with Gasteiger partial charge in [0.2, 0.25) is 0 Å². The summed E-state index contributed by atoms with van der Waals surface area (Å²) in [5.41, 5.74) is 5.55. The molecule has 0 aromatic heterocycles. The van der Waals surface area contributed by atoms with Crippen LogP contribution in [0.5, 0.6) is 0 Å². The normalized spacial score (nSPS) is 44.9. The molecule has 8 heavy (non-hydrogen) atoms. The number of nitrogens with two attached hydrogens (primary N) is 1. The van der Waals surface area contributed by atoms with E-state index in [0.717, 1.165) is 12.3 Å². The highest BCUT2D eigenvalue weighted by Gasteiger charge is 2.44. The van der Waals surface area contributed by atoms with E-state index >= 15 is 0 Å². The lowest BCUT2D eigenvalue weighted by Gasteiger charge is -2.02. The molecule has 1 spiro atoms. The molecule has 2 saturated heterocycles. The van der Waals surface area contributed by atoms with Gasteiger partial charge < -0.3 is 5.73 Å². The van der Waals surface area contributed by atoms with Crippen LogP contribution in [-0.2, 0) is 8.67 Å². The zero-order chi connectivity index (χ0) is 5.61. The van der Waals surface area contributed by atoms with Crippen molar-refractivity contribution < 1.29 is 8.67 Å². The van der Waals surface area contributed by atoms with Gasteiger partial charge in [0.25, 0.3) is 0 Å². The number of hydrogen-bond donors (Lipinski definition) is 2. The van der Waals surface area contributed by atoms with Gasteiger partial charge >= 0.3 is 0 Å². The Hall–Kier alpha value is 0.190. The smallest absolute Gasteiger partial charge is 0.0757 e. The van der Waals surface area contributed by atoms with Crippen molar-refractivity contribution in [3.63, 3.8) is 0 Å². The van der Waals surface area contributed by atoms with Gasteiger partial charge in [-0.25, -0.2) is 4.72 Å². The quantitative estimate of drug-likeness (QED) is 0.346. The minimum atomic E-state index is -1.22. The van der Waals surface area contributed by atoms with Crippen LogP contribution < -0.4 is 10.5 Å².